The van der Waals surface area contributed by atoms with E-state index < -0.39 is 24.0 Å². The molecule has 0 aliphatic rings. The molecule has 9 nitrogen and oxygen atoms in total. The molecule has 2 atom stereocenters. The second-order valence-electron chi connectivity index (χ2n) is 8.60. The number of carboxylic acid groups (broad SMARTS) is 1. The molecule has 2 amide bonds. The average molecular weight is 492 g/mol. The van der Waals surface area contributed by atoms with Crippen LogP contribution in [0.15, 0.2) is 17.6 Å². The van der Waals surface area contributed by atoms with Crippen LogP contribution >= 0.6 is 11.8 Å². The summed E-state index contributed by atoms with van der Waals surface area (Å²) in [5, 5.41) is 15.5. The number of nitrogens with one attached hydrogen (secondary N) is 2. The Balaban J connectivity index is 2.50. The molecule has 0 spiro atoms. The van der Waals surface area contributed by atoms with Crippen LogP contribution in [0.2, 0.25) is 0 Å². The molecule has 1 aromatic heterocycles. The molecule has 10 heteroatoms. The topological polar surface area (TPSA) is 125 Å². The van der Waals surface area contributed by atoms with Gasteiger partial charge in [-0.15, -0.1) is 0 Å². The van der Waals surface area contributed by atoms with E-state index in [-0.39, 0.29) is 18.2 Å². The summed E-state index contributed by atoms with van der Waals surface area (Å²) in [7, 11) is 3.91. The van der Waals surface area contributed by atoms with Crippen LogP contribution in [-0.2, 0) is 14.4 Å². The maximum Gasteiger partial charge on any atom is 0.326 e. The first kappa shape index (κ1) is 29.4. The first-order valence-corrected chi connectivity index (χ1v) is 12.7. The Bertz CT molecular complexity index is 849. The van der Waals surface area contributed by atoms with Crippen molar-refractivity contribution in [2.24, 2.45) is 5.92 Å². The number of aliphatic carboxylic acids is 1. The van der Waals surface area contributed by atoms with Crippen molar-refractivity contribution in [1.29, 1.82) is 0 Å². The molecule has 188 valence electrons. The van der Waals surface area contributed by atoms with Gasteiger partial charge in [-0.2, -0.15) is 0 Å². The number of carboxylic acids is 1. The summed E-state index contributed by atoms with van der Waals surface area (Å²) in [5.74, 6) is 3.97. The van der Waals surface area contributed by atoms with Gasteiger partial charge in [0, 0.05) is 25.2 Å². The lowest BCUT2D eigenvalue weighted by Gasteiger charge is -2.24. The van der Waals surface area contributed by atoms with E-state index in [4.69, 9.17) is 0 Å². The van der Waals surface area contributed by atoms with E-state index in [0.717, 1.165) is 13.0 Å². The summed E-state index contributed by atoms with van der Waals surface area (Å²) in [6, 6.07) is -1.77. The van der Waals surface area contributed by atoms with Crippen molar-refractivity contribution >= 4 is 29.5 Å². The molecule has 1 aromatic rings. The fourth-order valence-corrected chi connectivity index (χ4v) is 3.38. The summed E-state index contributed by atoms with van der Waals surface area (Å²) in [6.45, 7) is 4.48. The van der Waals surface area contributed by atoms with Gasteiger partial charge < -0.3 is 20.6 Å². The third kappa shape index (κ3) is 12.0. The number of aromatic nitrogens is 2. The number of hydrogen-bond donors (Lipinski definition) is 3. The molecule has 1 heterocycles. The molecule has 0 aliphatic carbocycles. The second kappa shape index (κ2) is 16.1. The summed E-state index contributed by atoms with van der Waals surface area (Å²) in [6.07, 6.45) is 8.38. The van der Waals surface area contributed by atoms with E-state index in [2.05, 4.69) is 32.4 Å². The lowest BCUT2D eigenvalue weighted by Crippen LogP contribution is -2.53. The van der Waals surface area contributed by atoms with Crippen molar-refractivity contribution in [1.82, 2.24) is 25.5 Å². The SMILES string of the molecule is CSc1ncc(C#CCCCC(=O)N[C@H](C(=O)N[C@@H](CCCCN(C)C)C(=O)O)C(C)C)cn1. The first-order chi connectivity index (χ1) is 16.1. The quantitative estimate of drug-likeness (QED) is 0.157. The van der Waals surface area contributed by atoms with Crippen LogP contribution in [-0.4, -0.2) is 76.7 Å². The maximum atomic E-state index is 12.7. The third-order valence-corrected chi connectivity index (χ3v) is 5.55. The molecule has 0 saturated carbocycles. The predicted molar refractivity (Wildman–Crippen MR) is 133 cm³/mol. The summed E-state index contributed by atoms with van der Waals surface area (Å²) < 4.78 is 0. The molecule has 0 aliphatic heterocycles. The fraction of sp³-hybridized carbons (Fsp3) is 0.625. The van der Waals surface area contributed by atoms with E-state index in [0.29, 0.717) is 36.4 Å². The Kier molecular flexibility index (Phi) is 13.9. The Morgan fingerprint density at radius 2 is 1.79 bits per heavy atom. The molecular weight excluding hydrogens is 454 g/mol. The Labute approximate surface area is 206 Å². The average Bonchev–Trinajstić information content (AvgIpc) is 2.78. The summed E-state index contributed by atoms with van der Waals surface area (Å²) >= 11 is 1.46. The van der Waals surface area contributed by atoms with Crippen LogP contribution in [0.4, 0.5) is 0 Å². The molecule has 0 unspecified atom stereocenters. The molecule has 1 rings (SSSR count). The maximum absolute atomic E-state index is 12.7. The number of carbonyl (C=O) groups excluding carboxylic acids is 2. The van der Waals surface area contributed by atoms with Crippen molar-refractivity contribution in [3.05, 3.63) is 18.0 Å². The number of amides is 2. The number of nitrogens with zero attached hydrogens (tertiary/aromatic N) is 3. The van der Waals surface area contributed by atoms with Gasteiger partial charge in [-0.25, -0.2) is 14.8 Å². The molecule has 0 aromatic carbocycles. The van der Waals surface area contributed by atoms with Gasteiger partial charge in [-0.1, -0.05) is 37.5 Å². The Morgan fingerprint density at radius 1 is 1.12 bits per heavy atom. The van der Waals surface area contributed by atoms with Crippen LogP contribution in [0.3, 0.4) is 0 Å². The fourth-order valence-electron chi connectivity index (χ4n) is 3.06. The Hall–Kier alpha value is -2.64. The van der Waals surface area contributed by atoms with E-state index >= 15 is 0 Å². The van der Waals surface area contributed by atoms with Gasteiger partial charge in [0.1, 0.15) is 12.1 Å². The summed E-state index contributed by atoms with van der Waals surface area (Å²) in [4.78, 5) is 47.0. The van der Waals surface area contributed by atoms with Gasteiger partial charge in [0.2, 0.25) is 11.8 Å². The zero-order valence-electron chi connectivity index (χ0n) is 20.8. The lowest BCUT2D eigenvalue weighted by molar-refractivity contribution is -0.142. The normalized spacial score (nSPS) is 12.6. The molecule has 0 bridgehead atoms. The highest BCUT2D eigenvalue weighted by Gasteiger charge is 2.28. The molecule has 0 fully saturated rings. The smallest absolute Gasteiger partial charge is 0.326 e. The van der Waals surface area contributed by atoms with E-state index in [1.165, 1.54) is 11.8 Å². The zero-order chi connectivity index (χ0) is 25.5. The minimum absolute atomic E-state index is 0.184. The van der Waals surface area contributed by atoms with Gasteiger partial charge in [-0.3, -0.25) is 9.59 Å². The largest absolute Gasteiger partial charge is 0.480 e. The molecule has 34 heavy (non-hydrogen) atoms. The van der Waals surface area contributed by atoms with Crippen molar-refractivity contribution in [2.75, 3.05) is 26.9 Å². The predicted octanol–water partition coefficient (Wildman–Crippen LogP) is 2.16. The van der Waals surface area contributed by atoms with Crippen LogP contribution in [0.5, 0.6) is 0 Å². The van der Waals surface area contributed by atoms with Crippen LogP contribution in [0, 0.1) is 17.8 Å². The van der Waals surface area contributed by atoms with E-state index in [9.17, 15) is 19.5 Å². The van der Waals surface area contributed by atoms with E-state index in [1.54, 1.807) is 12.4 Å². The highest BCUT2D eigenvalue weighted by atomic mass is 32.2. The summed E-state index contributed by atoms with van der Waals surface area (Å²) in [5.41, 5.74) is 0.716. The first-order valence-electron chi connectivity index (χ1n) is 11.5. The van der Waals surface area contributed by atoms with Gasteiger partial charge in [0.25, 0.3) is 0 Å². The number of rotatable bonds is 14. The van der Waals surface area contributed by atoms with Crippen LogP contribution in [0.25, 0.3) is 0 Å². The highest BCUT2D eigenvalue weighted by molar-refractivity contribution is 7.98. The Morgan fingerprint density at radius 3 is 2.35 bits per heavy atom. The zero-order valence-corrected chi connectivity index (χ0v) is 21.6. The number of unbranched alkanes of at least 4 members (excludes halogenated alkanes) is 2. The number of carbonyl (C=O) groups is 3. The van der Waals surface area contributed by atoms with Gasteiger partial charge >= 0.3 is 5.97 Å². The van der Waals surface area contributed by atoms with Crippen LogP contribution in [0.1, 0.15) is 57.9 Å². The minimum Gasteiger partial charge on any atom is -0.480 e. The third-order valence-electron chi connectivity index (χ3n) is 4.98. The number of hydrogen-bond acceptors (Lipinski definition) is 7. The monoisotopic (exact) mass is 491 g/mol. The molecular formula is C24H37N5O4S. The van der Waals surface area contributed by atoms with Crippen molar-refractivity contribution in [3.8, 4) is 11.8 Å². The standard InChI is InChI=1S/C24H37N5O4S/c1-17(2)21(22(31)27-19(23(32)33)12-9-10-14-29(3)4)28-20(30)13-8-6-7-11-18-15-25-24(34-5)26-16-18/h15-17,19,21H,6,8-10,12-14H2,1-5H3,(H,27,31)(H,28,30)(H,32,33)/t19-,21-/m0/s1. The molecule has 0 radical (unpaired) electrons. The highest BCUT2D eigenvalue weighted by Crippen LogP contribution is 2.08. The minimum atomic E-state index is -1.07. The molecule has 3 N–H and O–H groups in total. The second-order valence-corrected chi connectivity index (χ2v) is 9.37. The van der Waals surface area contributed by atoms with Crippen molar-refractivity contribution < 1.29 is 19.5 Å². The van der Waals surface area contributed by atoms with Crippen molar-refractivity contribution in [2.45, 2.75) is 69.6 Å². The number of thioether (sulfide) groups is 1. The van der Waals surface area contributed by atoms with Gasteiger partial charge in [-0.05, 0) is 58.5 Å². The van der Waals surface area contributed by atoms with Crippen molar-refractivity contribution in [3.63, 3.8) is 0 Å². The lowest BCUT2D eigenvalue weighted by atomic mass is 10.0. The molecule has 0 saturated heterocycles. The van der Waals surface area contributed by atoms with Gasteiger partial charge in [0.05, 0.1) is 5.56 Å². The van der Waals surface area contributed by atoms with Crippen LogP contribution < -0.4 is 10.6 Å². The van der Waals surface area contributed by atoms with E-state index in [1.807, 2.05) is 39.1 Å². The van der Waals surface area contributed by atoms with Gasteiger partial charge in [0.15, 0.2) is 5.16 Å².